The Labute approximate surface area is 179 Å². The number of aliphatic hydroxyl groups is 1. The van der Waals surface area contributed by atoms with Gasteiger partial charge in [0.25, 0.3) is 0 Å². The number of hydrogen-bond donors (Lipinski definition) is 1. The summed E-state index contributed by atoms with van der Waals surface area (Å²) in [7, 11) is 0. The van der Waals surface area contributed by atoms with Crippen molar-refractivity contribution >= 4 is 5.78 Å². The smallest absolute Gasteiger partial charge is 0.157 e. The van der Waals surface area contributed by atoms with Crippen LogP contribution in [-0.2, 0) is 11.3 Å². The molecular formula is C25H35N3O2. The predicted octanol–water partition coefficient (Wildman–Crippen LogP) is 4.34. The summed E-state index contributed by atoms with van der Waals surface area (Å²) in [6.07, 6.45) is 12.2. The van der Waals surface area contributed by atoms with Gasteiger partial charge < -0.3 is 5.11 Å². The van der Waals surface area contributed by atoms with Gasteiger partial charge in [-0.3, -0.25) is 9.48 Å². The standard InChI is InChI=1S/C25H35N3O2/c1-23(30)8-9-24(2)17(11-23)4-5-18-19(24)6-7-25(3)20(18)10-21(25)22(29)15-28-14-16(12-26)13-27-28/h13-14,17-21,30H,4-11,15H2,1-3H3/t17-,18-,19+,20+,21-,23-,24+,25+/m1/s1. The Morgan fingerprint density at radius 1 is 1.20 bits per heavy atom. The predicted molar refractivity (Wildman–Crippen MR) is 113 cm³/mol. The van der Waals surface area contributed by atoms with Crippen LogP contribution in [0.3, 0.4) is 0 Å². The van der Waals surface area contributed by atoms with Crippen molar-refractivity contribution in [1.29, 1.82) is 5.26 Å². The van der Waals surface area contributed by atoms with E-state index in [0.717, 1.165) is 43.9 Å². The number of Topliss-reactive ketones (excluding diaryl/α,β-unsaturated/α-hetero) is 1. The van der Waals surface area contributed by atoms with Gasteiger partial charge in [-0.2, -0.15) is 10.4 Å². The van der Waals surface area contributed by atoms with Gasteiger partial charge in [-0.05, 0) is 92.8 Å². The Morgan fingerprint density at radius 3 is 2.73 bits per heavy atom. The maximum Gasteiger partial charge on any atom is 0.157 e. The van der Waals surface area contributed by atoms with Crippen LogP contribution in [0.15, 0.2) is 12.4 Å². The van der Waals surface area contributed by atoms with Gasteiger partial charge in [0.05, 0.1) is 23.9 Å². The molecule has 1 heterocycles. The Morgan fingerprint density at radius 2 is 2.00 bits per heavy atom. The lowest BCUT2D eigenvalue weighted by Gasteiger charge is -2.67. The highest BCUT2D eigenvalue weighted by Gasteiger charge is 2.64. The molecule has 0 radical (unpaired) electrons. The van der Waals surface area contributed by atoms with Gasteiger partial charge in [-0.1, -0.05) is 13.8 Å². The monoisotopic (exact) mass is 409 g/mol. The highest BCUT2D eigenvalue weighted by Crippen LogP contribution is 2.70. The fourth-order valence-electron chi connectivity index (χ4n) is 8.30. The zero-order valence-corrected chi connectivity index (χ0v) is 18.6. The molecule has 4 aliphatic rings. The first-order chi connectivity index (χ1) is 14.2. The van der Waals surface area contributed by atoms with Crippen LogP contribution in [-0.4, -0.2) is 26.3 Å². The average molecular weight is 410 g/mol. The Hall–Kier alpha value is -1.67. The molecule has 0 bridgehead atoms. The minimum absolute atomic E-state index is 0.132. The van der Waals surface area contributed by atoms with Crippen LogP contribution in [0.2, 0.25) is 0 Å². The molecule has 30 heavy (non-hydrogen) atoms. The van der Waals surface area contributed by atoms with E-state index in [1.54, 1.807) is 10.9 Å². The molecule has 5 nitrogen and oxygen atoms in total. The van der Waals surface area contributed by atoms with Gasteiger partial charge in [0, 0.05) is 12.1 Å². The second-order valence-electron chi connectivity index (χ2n) is 11.7. The molecule has 1 aromatic rings. The highest BCUT2D eigenvalue weighted by atomic mass is 16.3. The van der Waals surface area contributed by atoms with Gasteiger partial charge >= 0.3 is 0 Å². The second kappa shape index (κ2) is 6.66. The SMILES string of the molecule is C[C@@]1(O)CC[C@@]2(C)[C@H](CC[C@@H]3[C@@H]2CC[C@]2(C)[C@@H](C(=O)Cn4cc(C#N)cn4)C[C@@H]32)C1. The second-order valence-corrected chi connectivity index (χ2v) is 11.7. The van der Waals surface area contributed by atoms with Crippen molar-refractivity contribution in [3.63, 3.8) is 0 Å². The van der Waals surface area contributed by atoms with Crippen molar-refractivity contribution in [3.8, 4) is 6.07 Å². The number of carbonyl (C=O) groups excluding carboxylic acids is 1. The van der Waals surface area contributed by atoms with Crippen LogP contribution >= 0.6 is 0 Å². The lowest BCUT2D eigenvalue weighted by atomic mass is 9.37. The van der Waals surface area contributed by atoms with E-state index in [2.05, 4.69) is 25.0 Å². The van der Waals surface area contributed by atoms with Crippen molar-refractivity contribution in [1.82, 2.24) is 9.78 Å². The van der Waals surface area contributed by atoms with E-state index in [1.807, 2.05) is 6.92 Å². The molecule has 1 aromatic heterocycles. The summed E-state index contributed by atoms with van der Waals surface area (Å²) in [5, 5.41) is 23.8. The molecule has 0 unspecified atom stereocenters. The summed E-state index contributed by atoms with van der Waals surface area (Å²) in [6, 6.07) is 2.08. The Kier molecular flexibility index (Phi) is 4.50. The number of aromatic nitrogens is 2. The zero-order valence-electron chi connectivity index (χ0n) is 18.6. The van der Waals surface area contributed by atoms with Crippen molar-refractivity contribution < 1.29 is 9.90 Å². The number of rotatable bonds is 3. The molecule has 4 aliphatic carbocycles. The van der Waals surface area contributed by atoms with Gasteiger partial charge in [-0.25, -0.2) is 0 Å². The third-order valence-corrected chi connectivity index (χ3v) is 10.1. The van der Waals surface area contributed by atoms with Crippen LogP contribution in [0.1, 0.15) is 77.7 Å². The minimum Gasteiger partial charge on any atom is -0.390 e. The Bertz CT molecular complexity index is 898. The zero-order chi connectivity index (χ0) is 21.3. The molecule has 4 fully saturated rings. The van der Waals surface area contributed by atoms with Crippen LogP contribution in [0.5, 0.6) is 0 Å². The first kappa shape index (κ1) is 20.2. The number of carbonyl (C=O) groups is 1. The summed E-state index contributed by atoms with van der Waals surface area (Å²) in [6.45, 7) is 7.19. The van der Waals surface area contributed by atoms with Crippen molar-refractivity contribution in [2.24, 2.45) is 40.4 Å². The fraction of sp³-hybridized carbons (Fsp3) is 0.800. The molecule has 0 aliphatic heterocycles. The third kappa shape index (κ3) is 2.90. The number of ketones is 1. The van der Waals surface area contributed by atoms with Gasteiger partial charge in [-0.15, -0.1) is 0 Å². The summed E-state index contributed by atoms with van der Waals surface area (Å²) < 4.78 is 1.63. The van der Waals surface area contributed by atoms with Crippen LogP contribution in [0.25, 0.3) is 0 Å². The Balaban J connectivity index is 1.30. The molecule has 5 rings (SSSR count). The van der Waals surface area contributed by atoms with E-state index in [1.165, 1.54) is 25.5 Å². The van der Waals surface area contributed by atoms with Crippen molar-refractivity contribution in [2.75, 3.05) is 0 Å². The van der Waals surface area contributed by atoms with Crippen LogP contribution < -0.4 is 0 Å². The van der Waals surface area contributed by atoms with Crippen LogP contribution in [0, 0.1) is 51.8 Å². The third-order valence-electron chi connectivity index (χ3n) is 10.1. The first-order valence-corrected chi connectivity index (χ1v) is 11.8. The van der Waals surface area contributed by atoms with E-state index in [4.69, 9.17) is 5.26 Å². The molecule has 8 atom stereocenters. The van der Waals surface area contributed by atoms with Gasteiger partial charge in [0.15, 0.2) is 5.78 Å². The normalized spacial score (nSPS) is 47.2. The van der Waals surface area contributed by atoms with Crippen molar-refractivity contribution in [2.45, 2.75) is 84.3 Å². The van der Waals surface area contributed by atoms with Crippen LogP contribution in [0.4, 0.5) is 0 Å². The van der Waals surface area contributed by atoms with Gasteiger partial charge in [0.1, 0.15) is 6.07 Å². The maximum absolute atomic E-state index is 13.1. The van der Waals surface area contributed by atoms with E-state index >= 15 is 0 Å². The first-order valence-electron chi connectivity index (χ1n) is 11.8. The molecule has 0 aromatic carbocycles. The van der Waals surface area contributed by atoms with E-state index < -0.39 is 5.60 Å². The minimum atomic E-state index is -0.480. The summed E-state index contributed by atoms with van der Waals surface area (Å²) in [5.41, 5.74) is 0.529. The molecule has 0 saturated heterocycles. The van der Waals surface area contributed by atoms with Gasteiger partial charge in [0.2, 0.25) is 0 Å². The maximum atomic E-state index is 13.1. The lowest BCUT2D eigenvalue weighted by molar-refractivity contribution is -0.196. The molecule has 5 heteroatoms. The molecule has 0 amide bonds. The molecular weight excluding hydrogens is 374 g/mol. The number of fused-ring (bicyclic) bond motifs is 5. The highest BCUT2D eigenvalue weighted by molar-refractivity contribution is 5.82. The molecule has 1 N–H and O–H groups in total. The average Bonchev–Trinajstić information content (AvgIpc) is 3.13. The molecule has 0 spiro atoms. The van der Waals surface area contributed by atoms with Crippen molar-refractivity contribution in [3.05, 3.63) is 18.0 Å². The summed E-state index contributed by atoms with van der Waals surface area (Å²) in [5.74, 6) is 3.23. The summed E-state index contributed by atoms with van der Waals surface area (Å²) in [4.78, 5) is 13.1. The quantitative estimate of drug-likeness (QED) is 0.805. The molecule has 162 valence electrons. The molecule has 4 saturated carbocycles. The van der Waals surface area contributed by atoms with E-state index in [0.29, 0.717) is 22.8 Å². The lowest BCUT2D eigenvalue weighted by Crippen LogP contribution is -2.62. The number of nitriles is 1. The topological polar surface area (TPSA) is 78.9 Å². The van der Waals surface area contributed by atoms with E-state index in [9.17, 15) is 9.90 Å². The summed E-state index contributed by atoms with van der Waals surface area (Å²) >= 11 is 0. The number of hydrogen-bond acceptors (Lipinski definition) is 4. The largest absolute Gasteiger partial charge is 0.390 e. The fourth-order valence-corrected chi connectivity index (χ4v) is 8.30. The number of nitrogens with zero attached hydrogens (tertiary/aromatic N) is 3. The van der Waals surface area contributed by atoms with E-state index in [-0.39, 0.29) is 23.7 Å².